The van der Waals surface area contributed by atoms with Crippen molar-refractivity contribution >= 4 is 23.2 Å². The summed E-state index contributed by atoms with van der Waals surface area (Å²) in [6, 6.07) is 5.36. The van der Waals surface area contributed by atoms with Crippen LogP contribution in [0.1, 0.15) is 28.4 Å². The van der Waals surface area contributed by atoms with Gasteiger partial charge in [-0.2, -0.15) is 0 Å². The Morgan fingerprint density at radius 3 is 2.81 bits per heavy atom. The standard InChI is InChI=1S/C13H12O2S/c1-10-8-12(9-14)5-6-13(10)4-3-7-16-11(2)15/h5-6,8-9H,7H2,1-2H3. The van der Waals surface area contributed by atoms with E-state index in [1.165, 1.54) is 18.7 Å². The van der Waals surface area contributed by atoms with Crippen LogP contribution in [0.4, 0.5) is 0 Å². The van der Waals surface area contributed by atoms with E-state index >= 15 is 0 Å². The van der Waals surface area contributed by atoms with E-state index in [2.05, 4.69) is 11.8 Å². The Bertz CT molecular complexity index is 467. The molecular weight excluding hydrogens is 220 g/mol. The molecule has 1 aromatic rings. The van der Waals surface area contributed by atoms with Crippen molar-refractivity contribution in [3.8, 4) is 11.8 Å². The highest BCUT2D eigenvalue weighted by atomic mass is 32.2. The summed E-state index contributed by atoms with van der Waals surface area (Å²) in [4.78, 5) is 21.2. The van der Waals surface area contributed by atoms with Gasteiger partial charge in [0.15, 0.2) is 5.12 Å². The molecule has 0 radical (unpaired) electrons. The van der Waals surface area contributed by atoms with Gasteiger partial charge in [-0.05, 0) is 24.6 Å². The first kappa shape index (κ1) is 12.5. The smallest absolute Gasteiger partial charge is 0.186 e. The molecule has 0 aliphatic carbocycles. The molecule has 2 nitrogen and oxygen atoms in total. The first-order valence-electron chi connectivity index (χ1n) is 4.81. The number of carbonyl (C=O) groups is 2. The van der Waals surface area contributed by atoms with Gasteiger partial charge in [0.2, 0.25) is 0 Å². The maximum atomic E-state index is 10.7. The van der Waals surface area contributed by atoms with E-state index < -0.39 is 0 Å². The second-order valence-corrected chi connectivity index (χ2v) is 4.43. The largest absolute Gasteiger partial charge is 0.298 e. The number of benzene rings is 1. The summed E-state index contributed by atoms with van der Waals surface area (Å²) in [5.74, 6) is 6.40. The van der Waals surface area contributed by atoms with Gasteiger partial charge in [-0.3, -0.25) is 9.59 Å². The number of rotatable bonds is 2. The molecule has 0 saturated carbocycles. The van der Waals surface area contributed by atoms with Crippen LogP contribution in [0.3, 0.4) is 0 Å². The first-order chi connectivity index (χ1) is 7.63. The van der Waals surface area contributed by atoms with E-state index in [1.54, 1.807) is 12.1 Å². The van der Waals surface area contributed by atoms with Crippen molar-refractivity contribution in [1.29, 1.82) is 0 Å². The van der Waals surface area contributed by atoms with Gasteiger partial charge in [-0.25, -0.2) is 0 Å². The quantitative estimate of drug-likeness (QED) is 0.580. The Morgan fingerprint density at radius 1 is 1.50 bits per heavy atom. The molecule has 0 spiro atoms. The lowest BCUT2D eigenvalue weighted by Gasteiger charge is -1.98. The van der Waals surface area contributed by atoms with Crippen molar-refractivity contribution < 1.29 is 9.59 Å². The fourth-order valence-corrected chi connectivity index (χ4v) is 1.52. The highest BCUT2D eigenvalue weighted by Gasteiger charge is 1.96. The van der Waals surface area contributed by atoms with Gasteiger partial charge in [0.1, 0.15) is 6.29 Å². The minimum Gasteiger partial charge on any atom is -0.298 e. The lowest BCUT2D eigenvalue weighted by atomic mass is 10.1. The van der Waals surface area contributed by atoms with Gasteiger partial charge in [-0.15, -0.1) is 0 Å². The normalized spacial score (nSPS) is 9.12. The maximum Gasteiger partial charge on any atom is 0.186 e. The molecule has 16 heavy (non-hydrogen) atoms. The average molecular weight is 232 g/mol. The lowest BCUT2D eigenvalue weighted by Crippen LogP contribution is -1.87. The van der Waals surface area contributed by atoms with E-state index in [0.717, 1.165) is 17.4 Å². The van der Waals surface area contributed by atoms with Crippen LogP contribution >= 0.6 is 11.8 Å². The Hall–Kier alpha value is -1.53. The lowest BCUT2D eigenvalue weighted by molar-refractivity contribution is -0.109. The zero-order valence-corrected chi connectivity index (χ0v) is 10.1. The highest BCUT2D eigenvalue weighted by molar-refractivity contribution is 8.13. The predicted octanol–water partition coefficient (Wildman–Crippen LogP) is 2.44. The molecular formula is C13H12O2S. The van der Waals surface area contributed by atoms with Gasteiger partial charge < -0.3 is 0 Å². The molecule has 0 atom stereocenters. The summed E-state index contributed by atoms with van der Waals surface area (Å²) in [7, 11) is 0. The molecule has 82 valence electrons. The minimum atomic E-state index is 0.0716. The fraction of sp³-hybridized carbons (Fsp3) is 0.231. The molecule has 0 N–H and O–H groups in total. The van der Waals surface area contributed by atoms with E-state index in [9.17, 15) is 9.59 Å². The van der Waals surface area contributed by atoms with Crippen molar-refractivity contribution in [2.75, 3.05) is 5.75 Å². The molecule has 0 fully saturated rings. The van der Waals surface area contributed by atoms with Crippen LogP contribution in [-0.4, -0.2) is 17.2 Å². The Balaban J connectivity index is 2.73. The summed E-state index contributed by atoms with van der Waals surface area (Å²) in [5, 5.41) is 0.0716. The minimum absolute atomic E-state index is 0.0716. The fourth-order valence-electron chi connectivity index (χ4n) is 1.17. The van der Waals surface area contributed by atoms with Gasteiger partial charge >= 0.3 is 0 Å². The molecule has 3 heteroatoms. The second kappa shape index (κ2) is 6.14. The van der Waals surface area contributed by atoms with Gasteiger partial charge in [0, 0.05) is 18.1 Å². The van der Waals surface area contributed by atoms with Crippen LogP contribution < -0.4 is 0 Å². The molecule has 0 heterocycles. The van der Waals surface area contributed by atoms with E-state index in [1.807, 2.05) is 13.0 Å². The zero-order valence-electron chi connectivity index (χ0n) is 9.24. The molecule has 0 aliphatic heterocycles. The Kier molecular flexibility index (Phi) is 4.81. The molecule has 0 aromatic heterocycles. The Labute approximate surface area is 99.4 Å². The van der Waals surface area contributed by atoms with Crippen molar-refractivity contribution in [2.45, 2.75) is 13.8 Å². The number of thioether (sulfide) groups is 1. The van der Waals surface area contributed by atoms with Crippen molar-refractivity contribution in [2.24, 2.45) is 0 Å². The number of hydrogen-bond acceptors (Lipinski definition) is 3. The van der Waals surface area contributed by atoms with E-state index in [-0.39, 0.29) is 5.12 Å². The van der Waals surface area contributed by atoms with Gasteiger partial charge in [-0.1, -0.05) is 29.7 Å². The van der Waals surface area contributed by atoms with Crippen LogP contribution in [0.25, 0.3) is 0 Å². The third kappa shape index (κ3) is 3.92. The van der Waals surface area contributed by atoms with E-state index in [4.69, 9.17) is 0 Å². The molecule has 1 aromatic carbocycles. The third-order valence-corrected chi connectivity index (χ3v) is 2.65. The average Bonchev–Trinajstić information content (AvgIpc) is 2.25. The summed E-state index contributed by atoms with van der Waals surface area (Å²) in [5.41, 5.74) is 2.53. The highest BCUT2D eigenvalue weighted by Crippen LogP contribution is 2.08. The summed E-state index contributed by atoms with van der Waals surface area (Å²) >= 11 is 1.20. The number of hydrogen-bond donors (Lipinski definition) is 0. The van der Waals surface area contributed by atoms with Crippen LogP contribution in [0, 0.1) is 18.8 Å². The maximum absolute atomic E-state index is 10.7. The molecule has 1 rings (SSSR count). The second-order valence-electron chi connectivity index (χ2n) is 3.27. The Morgan fingerprint density at radius 2 is 2.25 bits per heavy atom. The van der Waals surface area contributed by atoms with Crippen LogP contribution in [0.2, 0.25) is 0 Å². The third-order valence-electron chi connectivity index (χ3n) is 1.96. The van der Waals surface area contributed by atoms with Crippen LogP contribution in [-0.2, 0) is 4.79 Å². The topological polar surface area (TPSA) is 34.1 Å². The summed E-state index contributed by atoms with van der Waals surface area (Å²) in [6.07, 6.45) is 0.815. The van der Waals surface area contributed by atoms with Gasteiger partial charge in [0.05, 0.1) is 5.75 Å². The predicted molar refractivity (Wildman–Crippen MR) is 66.6 cm³/mol. The molecule has 0 unspecified atom stereocenters. The molecule has 0 amide bonds. The monoisotopic (exact) mass is 232 g/mol. The van der Waals surface area contributed by atoms with Gasteiger partial charge in [0.25, 0.3) is 0 Å². The number of aryl methyl sites for hydroxylation is 1. The van der Waals surface area contributed by atoms with Crippen LogP contribution in [0.15, 0.2) is 18.2 Å². The van der Waals surface area contributed by atoms with Crippen molar-refractivity contribution in [1.82, 2.24) is 0 Å². The molecule has 0 bridgehead atoms. The van der Waals surface area contributed by atoms with E-state index in [0.29, 0.717) is 11.3 Å². The van der Waals surface area contributed by atoms with Crippen LogP contribution in [0.5, 0.6) is 0 Å². The zero-order chi connectivity index (χ0) is 12.0. The molecule has 0 saturated heterocycles. The molecule has 0 aliphatic rings. The SMILES string of the molecule is CC(=O)SCC#Cc1ccc(C=O)cc1C. The number of aldehydes is 1. The first-order valence-corrected chi connectivity index (χ1v) is 5.80. The summed E-state index contributed by atoms with van der Waals surface area (Å²) in [6.45, 7) is 3.44. The van der Waals surface area contributed by atoms with Crippen molar-refractivity contribution in [3.05, 3.63) is 34.9 Å². The van der Waals surface area contributed by atoms with Crippen molar-refractivity contribution in [3.63, 3.8) is 0 Å². The number of carbonyl (C=O) groups excluding carboxylic acids is 2. The summed E-state index contributed by atoms with van der Waals surface area (Å²) < 4.78 is 0.